The van der Waals surface area contributed by atoms with Crippen LogP contribution in [0.5, 0.6) is 0 Å². The van der Waals surface area contributed by atoms with Crippen molar-refractivity contribution >= 4 is 5.91 Å². The fourth-order valence-corrected chi connectivity index (χ4v) is 4.34. The first kappa shape index (κ1) is 19.0. The summed E-state index contributed by atoms with van der Waals surface area (Å²) in [6, 6.07) is 5.85. The second kappa shape index (κ2) is 7.22. The average molecular weight is 395 g/mol. The second-order valence-corrected chi connectivity index (χ2v) is 7.43. The molecule has 2 aliphatic rings. The Labute approximate surface area is 160 Å². The van der Waals surface area contributed by atoms with E-state index in [0.29, 0.717) is 31.5 Å². The lowest BCUT2D eigenvalue weighted by Crippen LogP contribution is -2.34. The number of fused-ring (bicyclic) bond motifs is 1. The van der Waals surface area contributed by atoms with Gasteiger partial charge in [0.2, 0.25) is 5.91 Å². The molecule has 4 nitrogen and oxygen atoms in total. The van der Waals surface area contributed by atoms with Crippen LogP contribution >= 0.6 is 0 Å². The monoisotopic (exact) mass is 395 g/mol. The van der Waals surface area contributed by atoms with E-state index < -0.39 is 11.9 Å². The smallest absolute Gasteiger partial charge is 0.334 e. The number of likely N-dealkylation sites (tertiary alicyclic amines) is 1. The second-order valence-electron chi connectivity index (χ2n) is 7.43. The van der Waals surface area contributed by atoms with Crippen molar-refractivity contribution < 1.29 is 22.4 Å². The molecule has 8 heteroatoms. The van der Waals surface area contributed by atoms with Gasteiger partial charge in [-0.1, -0.05) is 12.1 Å². The fourth-order valence-electron chi connectivity index (χ4n) is 4.34. The Kier molecular flexibility index (Phi) is 4.89. The van der Waals surface area contributed by atoms with Gasteiger partial charge in [-0.15, -0.1) is 0 Å². The van der Waals surface area contributed by atoms with Crippen LogP contribution in [-0.2, 0) is 30.4 Å². The average Bonchev–Trinajstić information content (AvgIpc) is 3.28. The van der Waals surface area contributed by atoms with Gasteiger partial charge in [0.1, 0.15) is 12.4 Å². The molecule has 28 heavy (non-hydrogen) atoms. The molecule has 1 amide bonds. The van der Waals surface area contributed by atoms with Gasteiger partial charge < -0.3 is 4.90 Å². The minimum Gasteiger partial charge on any atom is -0.334 e. The van der Waals surface area contributed by atoms with Crippen molar-refractivity contribution in [3.8, 4) is 0 Å². The molecule has 1 atom stereocenters. The van der Waals surface area contributed by atoms with Gasteiger partial charge >= 0.3 is 6.18 Å². The Balaban J connectivity index is 1.58. The lowest BCUT2D eigenvalue weighted by Gasteiger charge is -2.25. The Morgan fingerprint density at radius 3 is 2.54 bits per heavy atom. The van der Waals surface area contributed by atoms with Crippen molar-refractivity contribution in [2.75, 3.05) is 6.54 Å². The van der Waals surface area contributed by atoms with E-state index in [9.17, 15) is 22.4 Å². The summed E-state index contributed by atoms with van der Waals surface area (Å²) < 4.78 is 54.5. The van der Waals surface area contributed by atoms with Crippen LogP contribution in [0.2, 0.25) is 0 Å². The summed E-state index contributed by atoms with van der Waals surface area (Å²) in [5.74, 6) is -0.598. The summed E-state index contributed by atoms with van der Waals surface area (Å²) in [7, 11) is 0. The Morgan fingerprint density at radius 1 is 1.11 bits per heavy atom. The van der Waals surface area contributed by atoms with Crippen LogP contribution in [0.25, 0.3) is 0 Å². The highest BCUT2D eigenvalue weighted by Gasteiger charge is 2.40. The molecule has 2 heterocycles. The van der Waals surface area contributed by atoms with Crippen LogP contribution < -0.4 is 0 Å². The molecule has 1 saturated heterocycles. The molecule has 150 valence electrons. The third-order valence-corrected chi connectivity index (χ3v) is 5.64. The minimum atomic E-state index is -4.51. The number of aromatic nitrogens is 2. The molecule has 1 aliphatic heterocycles. The molecule has 1 aromatic heterocycles. The number of carbonyl (C=O) groups excluding carboxylic acids is 1. The third kappa shape index (κ3) is 3.52. The molecule has 1 aliphatic carbocycles. The molecule has 0 radical (unpaired) electrons. The highest BCUT2D eigenvalue weighted by Crippen LogP contribution is 2.36. The lowest BCUT2D eigenvalue weighted by atomic mass is 9.95. The molecule has 0 N–H and O–H groups in total. The maximum atomic E-state index is 13.3. The SMILES string of the molecule is O=C(Cn1nc(C(F)(F)F)c2c1CCCC2)N1CCCC1c1ccc(F)cc1. The predicted octanol–water partition coefficient (Wildman–Crippen LogP) is 4.28. The Bertz CT molecular complexity index is 873. The predicted molar refractivity (Wildman–Crippen MR) is 94.0 cm³/mol. The zero-order chi connectivity index (χ0) is 19.9. The van der Waals surface area contributed by atoms with Crippen LogP contribution in [0.1, 0.15) is 54.2 Å². The third-order valence-electron chi connectivity index (χ3n) is 5.64. The molecule has 1 unspecified atom stereocenters. The Morgan fingerprint density at radius 2 is 1.82 bits per heavy atom. The number of carbonyl (C=O) groups is 1. The maximum Gasteiger partial charge on any atom is 0.435 e. The van der Waals surface area contributed by atoms with Crippen molar-refractivity contribution in [3.63, 3.8) is 0 Å². The van der Waals surface area contributed by atoms with Crippen LogP contribution in [-0.4, -0.2) is 27.1 Å². The summed E-state index contributed by atoms with van der Waals surface area (Å²) in [6.45, 7) is 0.340. The van der Waals surface area contributed by atoms with Crippen LogP contribution in [0, 0.1) is 5.82 Å². The van der Waals surface area contributed by atoms with E-state index in [0.717, 1.165) is 24.8 Å². The van der Waals surface area contributed by atoms with Gasteiger partial charge in [0, 0.05) is 17.8 Å². The van der Waals surface area contributed by atoms with E-state index in [1.165, 1.54) is 16.8 Å². The van der Waals surface area contributed by atoms with Crippen LogP contribution in [0.3, 0.4) is 0 Å². The van der Waals surface area contributed by atoms with E-state index in [1.807, 2.05) is 0 Å². The van der Waals surface area contributed by atoms with Crippen molar-refractivity contribution in [3.05, 3.63) is 52.6 Å². The zero-order valence-electron chi connectivity index (χ0n) is 15.3. The first-order valence-corrected chi connectivity index (χ1v) is 9.55. The number of benzene rings is 1. The topological polar surface area (TPSA) is 38.1 Å². The molecule has 1 aromatic carbocycles. The van der Waals surface area contributed by atoms with E-state index >= 15 is 0 Å². The standard InChI is InChI=1S/C20H21F4N3O/c21-14-9-7-13(8-10-14)16-6-3-11-26(16)18(28)12-27-17-5-2-1-4-15(17)19(25-27)20(22,23)24/h7-10,16H,1-6,11-12H2. The van der Waals surface area contributed by atoms with Gasteiger partial charge in [0.15, 0.2) is 5.69 Å². The first-order chi connectivity index (χ1) is 13.3. The normalized spacial score (nSPS) is 19.7. The number of amides is 1. The summed E-state index contributed by atoms with van der Waals surface area (Å²) in [5.41, 5.74) is 0.754. The molecule has 0 saturated carbocycles. The van der Waals surface area contributed by atoms with E-state index in [4.69, 9.17) is 0 Å². The highest BCUT2D eigenvalue weighted by atomic mass is 19.4. The summed E-state index contributed by atoms with van der Waals surface area (Å²) in [6.07, 6.45) is -0.602. The van der Waals surface area contributed by atoms with Crippen LogP contribution in [0.4, 0.5) is 17.6 Å². The number of hydrogen-bond donors (Lipinski definition) is 0. The van der Waals surface area contributed by atoms with Gasteiger partial charge in [-0.25, -0.2) is 4.39 Å². The lowest BCUT2D eigenvalue weighted by molar-refractivity contribution is -0.142. The van der Waals surface area contributed by atoms with Crippen molar-refractivity contribution in [2.24, 2.45) is 0 Å². The molecular weight excluding hydrogens is 374 g/mol. The minimum absolute atomic E-state index is 0.179. The summed E-state index contributed by atoms with van der Waals surface area (Å²) >= 11 is 0. The van der Waals surface area contributed by atoms with Gasteiger partial charge in [-0.05, 0) is 56.2 Å². The molecular formula is C20H21F4N3O. The number of hydrogen-bond acceptors (Lipinski definition) is 2. The van der Waals surface area contributed by atoms with Gasteiger partial charge in [-0.2, -0.15) is 18.3 Å². The van der Waals surface area contributed by atoms with Gasteiger partial charge in [0.05, 0.1) is 6.04 Å². The highest BCUT2D eigenvalue weighted by molar-refractivity contribution is 5.77. The molecule has 0 spiro atoms. The number of halogens is 4. The molecule has 0 bridgehead atoms. The quantitative estimate of drug-likeness (QED) is 0.728. The van der Waals surface area contributed by atoms with Crippen molar-refractivity contribution in [2.45, 2.75) is 57.3 Å². The maximum absolute atomic E-state index is 13.3. The molecule has 1 fully saturated rings. The molecule has 2 aromatic rings. The van der Waals surface area contributed by atoms with E-state index in [2.05, 4.69) is 5.10 Å². The van der Waals surface area contributed by atoms with E-state index in [-0.39, 0.29) is 29.9 Å². The number of nitrogens with zero attached hydrogens (tertiary/aromatic N) is 3. The largest absolute Gasteiger partial charge is 0.435 e. The van der Waals surface area contributed by atoms with Crippen molar-refractivity contribution in [1.82, 2.24) is 14.7 Å². The summed E-state index contributed by atoms with van der Waals surface area (Å²) in [4.78, 5) is 14.6. The summed E-state index contributed by atoms with van der Waals surface area (Å²) in [5, 5.41) is 3.78. The first-order valence-electron chi connectivity index (χ1n) is 9.55. The van der Waals surface area contributed by atoms with Gasteiger partial charge in [-0.3, -0.25) is 9.48 Å². The van der Waals surface area contributed by atoms with E-state index in [1.54, 1.807) is 17.0 Å². The zero-order valence-corrected chi connectivity index (χ0v) is 15.3. The van der Waals surface area contributed by atoms with Crippen LogP contribution in [0.15, 0.2) is 24.3 Å². The number of alkyl halides is 3. The molecule has 4 rings (SSSR count). The fraction of sp³-hybridized carbons (Fsp3) is 0.500. The van der Waals surface area contributed by atoms with Crippen molar-refractivity contribution in [1.29, 1.82) is 0 Å². The number of rotatable bonds is 3. The Hall–Kier alpha value is -2.38. The van der Waals surface area contributed by atoms with Gasteiger partial charge in [0.25, 0.3) is 0 Å².